The number of nitrogens with one attached hydrogen (secondary N) is 1. The molecule has 0 saturated carbocycles. The Morgan fingerprint density at radius 3 is 2.56 bits per heavy atom. The molecule has 1 N–H and O–H groups in total. The van der Waals surface area contributed by atoms with Crippen LogP contribution in [0.2, 0.25) is 0 Å². The van der Waals surface area contributed by atoms with Crippen LogP contribution in [0, 0.1) is 17.0 Å². The number of halogens is 3. The third-order valence-corrected chi connectivity index (χ3v) is 2.38. The van der Waals surface area contributed by atoms with Crippen molar-refractivity contribution < 1.29 is 18.1 Å². The van der Waals surface area contributed by atoms with Crippen LogP contribution in [0.25, 0.3) is 0 Å². The number of anilines is 1. The predicted octanol–water partition coefficient (Wildman–Crippen LogP) is 3.66. The third-order valence-electron chi connectivity index (χ3n) is 2.38. The molecule has 18 heavy (non-hydrogen) atoms. The van der Waals surface area contributed by atoms with Crippen LogP contribution in [0.1, 0.15) is 18.9 Å². The van der Waals surface area contributed by atoms with Crippen molar-refractivity contribution >= 4 is 11.4 Å². The van der Waals surface area contributed by atoms with Gasteiger partial charge in [0.1, 0.15) is 5.69 Å². The number of aryl methyl sites for hydroxylation is 1. The second-order valence-corrected chi connectivity index (χ2v) is 4.09. The molecule has 1 aromatic carbocycles. The molecule has 1 atom stereocenters. The van der Waals surface area contributed by atoms with Gasteiger partial charge in [0.25, 0.3) is 5.69 Å². The Hall–Kier alpha value is -1.79. The van der Waals surface area contributed by atoms with E-state index >= 15 is 0 Å². The van der Waals surface area contributed by atoms with Crippen LogP contribution >= 0.6 is 0 Å². The lowest BCUT2D eigenvalue weighted by atomic mass is 10.1. The van der Waals surface area contributed by atoms with Gasteiger partial charge in [0.15, 0.2) is 0 Å². The van der Waals surface area contributed by atoms with Crippen LogP contribution in [0.4, 0.5) is 24.5 Å². The summed E-state index contributed by atoms with van der Waals surface area (Å²) >= 11 is 0. The summed E-state index contributed by atoms with van der Waals surface area (Å²) in [4.78, 5) is 10.2. The summed E-state index contributed by atoms with van der Waals surface area (Å²) in [5, 5.41) is 13.3. The molecule has 0 spiro atoms. The van der Waals surface area contributed by atoms with E-state index in [2.05, 4.69) is 5.32 Å². The molecule has 1 unspecified atom stereocenters. The Kier molecular flexibility index (Phi) is 4.15. The van der Waals surface area contributed by atoms with Gasteiger partial charge in [0.05, 0.1) is 11.3 Å². The quantitative estimate of drug-likeness (QED) is 0.665. The molecule has 0 aliphatic heterocycles. The molecule has 0 heterocycles. The first kappa shape index (κ1) is 14.3. The van der Waals surface area contributed by atoms with Gasteiger partial charge in [-0.2, -0.15) is 13.2 Å². The van der Waals surface area contributed by atoms with E-state index in [0.29, 0.717) is 5.56 Å². The molecule has 4 nitrogen and oxygen atoms in total. The number of nitrogens with zero attached hydrogens (tertiary/aromatic N) is 1. The monoisotopic (exact) mass is 262 g/mol. The standard InChI is InChI=1S/C11H13F3N2O2/c1-7-4-3-5-9(16(17)18)10(7)15-8(2)6-11(12,13)14/h3-5,8,15H,6H2,1-2H3. The van der Waals surface area contributed by atoms with Gasteiger partial charge in [-0.25, -0.2) is 0 Å². The summed E-state index contributed by atoms with van der Waals surface area (Å²) < 4.78 is 36.6. The minimum atomic E-state index is -4.30. The van der Waals surface area contributed by atoms with Crippen molar-refractivity contribution in [2.45, 2.75) is 32.5 Å². The van der Waals surface area contributed by atoms with Gasteiger partial charge >= 0.3 is 6.18 Å². The fourth-order valence-corrected chi connectivity index (χ4v) is 1.64. The lowest BCUT2D eigenvalue weighted by molar-refractivity contribution is -0.384. The summed E-state index contributed by atoms with van der Waals surface area (Å²) in [5.41, 5.74) is 0.460. The molecule has 1 aromatic rings. The lowest BCUT2D eigenvalue weighted by Gasteiger charge is -2.18. The largest absolute Gasteiger partial charge is 0.391 e. The maximum Gasteiger partial charge on any atom is 0.391 e. The zero-order chi connectivity index (χ0) is 13.9. The van der Waals surface area contributed by atoms with Crippen molar-refractivity contribution in [2.75, 3.05) is 5.32 Å². The normalized spacial score (nSPS) is 13.2. The maximum absolute atomic E-state index is 12.2. The van der Waals surface area contributed by atoms with E-state index in [1.165, 1.54) is 19.1 Å². The van der Waals surface area contributed by atoms with E-state index in [4.69, 9.17) is 0 Å². The summed E-state index contributed by atoms with van der Waals surface area (Å²) in [5.74, 6) is 0. The van der Waals surface area contributed by atoms with Crippen molar-refractivity contribution in [3.8, 4) is 0 Å². The van der Waals surface area contributed by atoms with E-state index in [0.717, 1.165) is 0 Å². The van der Waals surface area contributed by atoms with Crippen molar-refractivity contribution in [2.24, 2.45) is 0 Å². The molecule has 0 aliphatic rings. The number of hydrogen-bond acceptors (Lipinski definition) is 3. The highest BCUT2D eigenvalue weighted by Gasteiger charge is 2.30. The van der Waals surface area contributed by atoms with Crippen LogP contribution in [-0.4, -0.2) is 17.1 Å². The van der Waals surface area contributed by atoms with Gasteiger partial charge in [-0.1, -0.05) is 12.1 Å². The van der Waals surface area contributed by atoms with Gasteiger partial charge in [-0.15, -0.1) is 0 Å². The predicted molar refractivity (Wildman–Crippen MR) is 61.6 cm³/mol. The Bertz CT molecular complexity index is 446. The Labute approximate surface area is 102 Å². The van der Waals surface area contributed by atoms with Crippen LogP contribution in [0.5, 0.6) is 0 Å². The average Bonchev–Trinajstić information content (AvgIpc) is 2.17. The number of alkyl halides is 3. The first-order valence-electron chi connectivity index (χ1n) is 5.28. The zero-order valence-corrected chi connectivity index (χ0v) is 9.91. The molecule has 0 saturated heterocycles. The lowest BCUT2D eigenvalue weighted by Crippen LogP contribution is -2.24. The SMILES string of the molecule is Cc1cccc([N+](=O)[O-])c1NC(C)CC(F)(F)F. The van der Waals surface area contributed by atoms with Gasteiger partial charge < -0.3 is 5.32 Å². The molecular weight excluding hydrogens is 249 g/mol. The smallest absolute Gasteiger partial charge is 0.376 e. The maximum atomic E-state index is 12.2. The fourth-order valence-electron chi connectivity index (χ4n) is 1.64. The fraction of sp³-hybridized carbons (Fsp3) is 0.455. The highest BCUT2D eigenvalue weighted by atomic mass is 19.4. The van der Waals surface area contributed by atoms with E-state index in [-0.39, 0.29) is 11.4 Å². The molecule has 0 aromatic heterocycles. The number of rotatable bonds is 4. The van der Waals surface area contributed by atoms with Crippen molar-refractivity contribution in [1.82, 2.24) is 0 Å². The Morgan fingerprint density at radius 2 is 2.06 bits per heavy atom. The zero-order valence-electron chi connectivity index (χ0n) is 9.91. The third kappa shape index (κ3) is 3.90. The molecule has 0 bridgehead atoms. The van der Waals surface area contributed by atoms with Gasteiger partial charge in [-0.05, 0) is 19.4 Å². The minimum absolute atomic E-state index is 0.138. The molecular formula is C11H13F3N2O2. The van der Waals surface area contributed by atoms with Crippen molar-refractivity contribution in [3.63, 3.8) is 0 Å². The molecule has 7 heteroatoms. The average molecular weight is 262 g/mol. The molecule has 0 aliphatic carbocycles. The van der Waals surface area contributed by atoms with E-state index in [1.807, 2.05) is 0 Å². The Morgan fingerprint density at radius 1 is 1.44 bits per heavy atom. The van der Waals surface area contributed by atoms with Crippen LogP contribution < -0.4 is 5.32 Å². The number of nitro groups is 1. The first-order valence-corrected chi connectivity index (χ1v) is 5.28. The topological polar surface area (TPSA) is 55.2 Å². The summed E-state index contributed by atoms with van der Waals surface area (Å²) in [6, 6.07) is 3.43. The van der Waals surface area contributed by atoms with E-state index in [1.54, 1.807) is 13.0 Å². The van der Waals surface area contributed by atoms with Crippen molar-refractivity contribution in [1.29, 1.82) is 0 Å². The summed E-state index contributed by atoms with van der Waals surface area (Å²) in [6.45, 7) is 2.94. The number of nitro benzene ring substituents is 1. The molecule has 0 amide bonds. The van der Waals surface area contributed by atoms with E-state index in [9.17, 15) is 23.3 Å². The number of para-hydroxylation sites is 1. The Balaban J connectivity index is 2.93. The molecule has 1 rings (SSSR count). The minimum Gasteiger partial charge on any atom is -0.376 e. The van der Waals surface area contributed by atoms with Crippen LogP contribution in [-0.2, 0) is 0 Å². The van der Waals surface area contributed by atoms with Gasteiger partial charge in [0, 0.05) is 12.1 Å². The number of benzene rings is 1. The molecule has 100 valence electrons. The van der Waals surface area contributed by atoms with Crippen LogP contribution in [0.15, 0.2) is 18.2 Å². The summed E-state index contributed by atoms with van der Waals surface area (Å²) in [7, 11) is 0. The first-order chi connectivity index (χ1) is 8.20. The summed E-state index contributed by atoms with van der Waals surface area (Å²) in [6.07, 6.45) is -5.34. The van der Waals surface area contributed by atoms with E-state index < -0.39 is 23.6 Å². The van der Waals surface area contributed by atoms with Crippen molar-refractivity contribution in [3.05, 3.63) is 33.9 Å². The van der Waals surface area contributed by atoms with Crippen LogP contribution in [0.3, 0.4) is 0 Å². The molecule has 0 radical (unpaired) electrons. The molecule has 0 fully saturated rings. The number of hydrogen-bond donors (Lipinski definition) is 1. The van der Waals surface area contributed by atoms with Gasteiger partial charge in [-0.3, -0.25) is 10.1 Å². The highest BCUT2D eigenvalue weighted by Crippen LogP contribution is 2.30. The second-order valence-electron chi connectivity index (χ2n) is 4.09. The highest BCUT2D eigenvalue weighted by molar-refractivity contribution is 5.66. The van der Waals surface area contributed by atoms with Gasteiger partial charge in [0.2, 0.25) is 0 Å². The second kappa shape index (κ2) is 5.24.